The highest BCUT2D eigenvalue weighted by molar-refractivity contribution is 6.07. The highest BCUT2D eigenvalue weighted by Gasteiger charge is 2.32. The summed E-state index contributed by atoms with van der Waals surface area (Å²) in [7, 11) is 0. The van der Waals surface area contributed by atoms with E-state index in [1.807, 2.05) is 54.3 Å². The van der Waals surface area contributed by atoms with Crippen molar-refractivity contribution in [1.82, 2.24) is 9.80 Å². The minimum atomic E-state index is -0.165. The second-order valence-corrected chi connectivity index (χ2v) is 8.02. The van der Waals surface area contributed by atoms with E-state index >= 15 is 0 Å². The topological polar surface area (TPSA) is 69.7 Å². The number of likely N-dealkylation sites (tertiary alicyclic amines) is 1. The van der Waals surface area contributed by atoms with E-state index in [0.717, 1.165) is 36.1 Å². The van der Waals surface area contributed by atoms with Crippen molar-refractivity contribution >= 4 is 23.4 Å². The molecule has 0 radical (unpaired) electrons. The fourth-order valence-electron chi connectivity index (χ4n) is 4.21. The SMILES string of the molecule is CCc1cccc(C(=O)/C=C/C(=O)N2CCC(N3Cc4ccccc4NC3=O)CC2)c1. The first-order valence-corrected chi connectivity index (χ1v) is 10.8. The van der Waals surface area contributed by atoms with E-state index in [4.69, 9.17) is 0 Å². The Balaban J connectivity index is 1.32. The number of ketones is 1. The minimum absolute atomic E-state index is 0.0803. The molecule has 0 aliphatic carbocycles. The Morgan fingerprint density at radius 1 is 1.06 bits per heavy atom. The highest BCUT2D eigenvalue weighted by Crippen LogP contribution is 2.27. The number of para-hydroxylation sites is 1. The average molecular weight is 418 g/mol. The van der Waals surface area contributed by atoms with Crippen LogP contribution in [0.25, 0.3) is 0 Å². The first-order valence-electron chi connectivity index (χ1n) is 10.8. The molecule has 2 aromatic rings. The van der Waals surface area contributed by atoms with E-state index in [1.165, 1.54) is 12.2 Å². The van der Waals surface area contributed by atoms with Gasteiger partial charge in [0, 0.05) is 43.0 Å². The number of amides is 3. The molecular formula is C25H27N3O3. The summed E-state index contributed by atoms with van der Waals surface area (Å²) in [4.78, 5) is 41.1. The largest absolute Gasteiger partial charge is 0.339 e. The molecule has 2 aromatic carbocycles. The molecular weight excluding hydrogens is 390 g/mol. The van der Waals surface area contributed by atoms with Gasteiger partial charge in [-0.15, -0.1) is 0 Å². The number of carbonyl (C=O) groups excluding carboxylic acids is 3. The van der Waals surface area contributed by atoms with E-state index in [9.17, 15) is 14.4 Å². The summed E-state index contributed by atoms with van der Waals surface area (Å²) in [6, 6.07) is 15.3. The number of carbonyl (C=O) groups is 3. The van der Waals surface area contributed by atoms with Crippen LogP contribution in [0.4, 0.5) is 10.5 Å². The zero-order valence-electron chi connectivity index (χ0n) is 17.7. The highest BCUT2D eigenvalue weighted by atomic mass is 16.2. The van der Waals surface area contributed by atoms with Crippen molar-refractivity contribution < 1.29 is 14.4 Å². The molecule has 1 saturated heterocycles. The van der Waals surface area contributed by atoms with E-state index in [1.54, 1.807) is 11.0 Å². The van der Waals surface area contributed by atoms with E-state index in [-0.39, 0.29) is 23.8 Å². The zero-order valence-corrected chi connectivity index (χ0v) is 17.7. The van der Waals surface area contributed by atoms with Crippen LogP contribution in [-0.4, -0.2) is 46.7 Å². The van der Waals surface area contributed by atoms with Crippen LogP contribution < -0.4 is 5.32 Å². The van der Waals surface area contributed by atoms with Gasteiger partial charge >= 0.3 is 6.03 Å². The fraction of sp³-hybridized carbons (Fsp3) is 0.320. The number of urea groups is 1. The first kappa shape index (κ1) is 20.8. The Labute approximate surface area is 182 Å². The number of aryl methyl sites for hydroxylation is 1. The molecule has 160 valence electrons. The third kappa shape index (κ3) is 4.68. The molecule has 0 saturated carbocycles. The van der Waals surface area contributed by atoms with E-state index in [2.05, 4.69) is 5.32 Å². The van der Waals surface area contributed by atoms with E-state index in [0.29, 0.717) is 25.2 Å². The molecule has 2 aliphatic heterocycles. The van der Waals surface area contributed by atoms with Gasteiger partial charge in [-0.25, -0.2) is 4.79 Å². The minimum Gasteiger partial charge on any atom is -0.339 e. The molecule has 6 heteroatoms. The van der Waals surface area contributed by atoms with Crippen LogP contribution in [0.15, 0.2) is 60.7 Å². The van der Waals surface area contributed by atoms with Crippen molar-refractivity contribution in [2.24, 2.45) is 0 Å². The molecule has 2 heterocycles. The molecule has 1 N–H and O–H groups in total. The predicted molar refractivity (Wildman–Crippen MR) is 120 cm³/mol. The smallest absolute Gasteiger partial charge is 0.322 e. The number of rotatable bonds is 5. The van der Waals surface area contributed by atoms with Crippen LogP contribution in [0.5, 0.6) is 0 Å². The monoisotopic (exact) mass is 417 g/mol. The number of piperidine rings is 1. The van der Waals surface area contributed by atoms with Crippen molar-refractivity contribution in [2.45, 2.75) is 38.8 Å². The number of hydrogen-bond donors (Lipinski definition) is 1. The van der Waals surface area contributed by atoms with E-state index < -0.39 is 0 Å². The number of benzene rings is 2. The number of nitrogens with one attached hydrogen (secondary N) is 1. The third-order valence-corrected chi connectivity index (χ3v) is 6.07. The normalized spacial score (nSPS) is 16.9. The molecule has 6 nitrogen and oxygen atoms in total. The number of fused-ring (bicyclic) bond motifs is 1. The summed E-state index contributed by atoms with van der Waals surface area (Å²) in [5.74, 6) is -0.325. The number of anilines is 1. The summed E-state index contributed by atoms with van der Waals surface area (Å²) >= 11 is 0. The summed E-state index contributed by atoms with van der Waals surface area (Å²) in [5, 5.41) is 2.96. The summed E-state index contributed by atoms with van der Waals surface area (Å²) in [6.45, 7) is 3.77. The summed E-state index contributed by atoms with van der Waals surface area (Å²) in [6.07, 6.45) is 5.03. The quantitative estimate of drug-likeness (QED) is 0.590. The summed E-state index contributed by atoms with van der Waals surface area (Å²) < 4.78 is 0. The van der Waals surface area contributed by atoms with Crippen LogP contribution in [0, 0.1) is 0 Å². The third-order valence-electron chi connectivity index (χ3n) is 6.07. The van der Waals surface area contributed by atoms with Crippen LogP contribution in [0.3, 0.4) is 0 Å². The van der Waals surface area contributed by atoms with Gasteiger partial charge in [0.05, 0.1) is 0 Å². The maximum absolute atomic E-state index is 12.6. The van der Waals surface area contributed by atoms with Gasteiger partial charge in [0.25, 0.3) is 0 Å². The van der Waals surface area contributed by atoms with Crippen molar-refractivity contribution in [3.8, 4) is 0 Å². The second kappa shape index (κ2) is 9.16. The maximum atomic E-state index is 12.6. The van der Waals surface area contributed by atoms with Gasteiger partial charge in [-0.2, -0.15) is 0 Å². The fourth-order valence-corrected chi connectivity index (χ4v) is 4.21. The number of nitrogens with zero attached hydrogens (tertiary/aromatic N) is 2. The van der Waals surface area contributed by atoms with Crippen molar-refractivity contribution in [2.75, 3.05) is 18.4 Å². The molecule has 3 amide bonds. The van der Waals surface area contributed by atoms with Crippen LogP contribution in [0.1, 0.15) is 41.3 Å². The number of hydrogen-bond acceptors (Lipinski definition) is 3. The lowest BCUT2D eigenvalue weighted by atomic mass is 10.0. The van der Waals surface area contributed by atoms with Gasteiger partial charge in [-0.1, -0.05) is 43.3 Å². The Morgan fingerprint density at radius 3 is 2.61 bits per heavy atom. The Hall–Kier alpha value is -3.41. The molecule has 0 atom stereocenters. The first-order chi connectivity index (χ1) is 15.0. The van der Waals surface area contributed by atoms with Crippen molar-refractivity contribution in [1.29, 1.82) is 0 Å². The van der Waals surface area contributed by atoms with Crippen LogP contribution in [0.2, 0.25) is 0 Å². The molecule has 0 bridgehead atoms. The maximum Gasteiger partial charge on any atom is 0.322 e. The van der Waals surface area contributed by atoms with Gasteiger partial charge in [-0.3, -0.25) is 9.59 Å². The van der Waals surface area contributed by atoms with Crippen LogP contribution >= 0.6 is 0 Å². The Kier molecular flexibility index (Phi) is 6.16. The molecule has 0 aromatic heterocycles. The summed E-state index contributed by atoms with van der Waals surface area (Å²) in [5.41, 5.74) is 3.67. The standard InChI is InChI=1S/C25H27N3O3/c1-2-18-6-5-8-19(16-18)23(29)10-11-24(30)27-14-12-21(13-15-27)28-17-20-7-3-4-9-22(20)26-25(28)31/h3-11,16,21H,2,12-15,17H2,1H3,(H,26,31)/b11-10+. The molecule has 0 spiro atoms. The van der Waals surface area contributed by atoms with Gasteiger partial charge in [0.1, 0.15) is 0 Å². The molecule has 31 heavy (non-hydrogen) atoms. The lowest BCUT2D eigenvalue weighted by molar-refractivity contribution is -0.127. The number of allylic oxidation sites excluding steroid dienone is 1. The Morgan fingerprint density at radius 2 is 1.84 bits per heavy atom. The molecule has 1 fully saturated rings. The Bertz CT molecular complexity index is 1020. The van der Waals surface area contributed by atoms with Gasteiger partial charge in [-0.05, 0) is 48.6 Å². The predicted octanol–water partition coefficient (Wildman–Crippen LogP) is 4.03. The van der Waals surface area contributed by atoms with Gasteiger partial charge < -0.3 is 15.1 Å². The zero-order chi connectivity index (χ0) is 21.8. The van der Waals surface area contributed by atoms with Gasteiger partial charge in [0.2, 0.25) is 5.91 Å². The van der Waals surface area contributed by atoms with Crippen molar-refractivity contribution in [3.05, 3.63) is 77.4 Å². The lowest BCUT2D eigenvalue weighted by Crippen LogP contribution is -2.50. The van der Waals surface area contributed by atoms with Crippen molar-refractivity contribution in [3.63, 3.8) is 0 Å². The van der Waals surface area contributed by atoms with Crippen LogP contribution in [-0.2, 0) is 17.8 Å². The second-order valence-electron chi connectivity index (χ2n) is 8.02. The lowest BCUT2D eigenvalue weighted by Gasteiger charge is -2.40. The molecule has 2 aliphatic rings. The van der Waals surface area contributed by atoms with Gasteiger partial charge in [0.15, 0.2) is 5.78 Å². The average Bonchev–Trinajstić information content (AvgIpc) is 2.82. The molecule has 0 unspecified atom stereocenters. The molecule has 4 rings (SSSR count).